The fourth-order valence-electron chi connectivity index (χ4n) is 3.14. The van der Waals surface area contributed by atoms with Gasteiger partial charge in [-0.2, -0.15) is 0 Å². The lowest BCUT2D eigenvalue weighted by molar-refractivity contribution is -0.156. The van der Waals surface area contributed by atoms with Crippen molar-refractivity contribution in [3.63, 3.8) is 0 Å². The van der Waals surface area contributed by atoms with Gasteiger partial charge in [0.2, 0.25) is 5.91 Å². The van der Waals surface area contributed by atoms with E-state index in [0.29, 0.717) is 30.3 Å². The summed E-state index contributed by atoms with van der Waals surface area (Å²) in [5.41, 5.74) is 1.14. The van der Waals surface area contributed by atoms with Gasteiger partial charge in [-0.05, 0) is 55.7 Å². The number of hydrogen-bond donors (Lipinski definition) is 1. The van der Waals surface area contributed by atoms with Crippen molar-refractivity contribution in [3.05, 3.63) is 34.9 Å². The Hall–Kier alpha value is -1.55. The maximum absolute atomic E-state index is 12.7. The molecule has 1 N–H and O–H groups in total. The standard InChI is InChI=1S/C18H22ClNO3/c19-14-5-3-12(4-6-14)9-10-20(11-13-1-2-13)17(21)15-7-8-16(15)18(22)23/h3-6,13,15-16H,1-2,7-11H2,(H,22,23). The van der Waals surface area contributed by atoms with Crippen LogP contribution in [0.25, 0.3) is 0 Å². The van der Waals surface area contributed by atoms with E-state index in [1.54, 1.807) is 0 Å². The monoisotopic (exact) mass is 335 g/mol. The number of nitrogens with zero attached hydrogens (tertiary/aromatic N) is 1. The first-order chi connectivity index (χ1) is 11.0. The zero-order chi connectivity index (χ0) is 16.4. The summed E-state index contributed by atoms with van der Waals surface area (Å²) in [6.45, 7) is 1.43. The lowest BCUT2D eigenvalue weighted by Crippen LogP contribution is -2.47. The highest BCUT2D eigenvalue weighted by atomic mass is 35.5. The highest BCUT2D eigenvalue weighted by Gasteiger charge is 2.43. The molecule has 0 aliphatic heterocycles. The van der Waals surface area contributed by atoms with Crippen LogP contribution in [0.5, 0.6) is 0 Å². The number of hydrogen-bond acceptors (Lipinski definition) is 2. The predicted molar refractivity (Wildman–Crippen MR) is 88.3 cm³/mol. The number of rotatable bonds is 7. The van der Waals surface area contributed by atoms with Crippen LogP contribution in [0, 0.1) is 17.8 Å². The molecule has 0 radical (unpaired) electrons. The second-order valence-corrected chi connectivity index (χ2v) is 7.17. The number of benzene rings is 1. The van der Waals surface area contributed by atoms with Gasteiger partial charge in [-0.15, -0.1) is 0 Å². The first-order valence-corrected chi connectivity index (χ1v) is 8.68. The van der Waals surface area contributed by atoms with E-state index in [2.05, 4.69) is 0 Å². The van der Waals surface area contributed by atoms with E-state index in [-0.39, 0.29) is 11.8 Å². The van der Waals surface area contributed by atoms with Gasteiger partial charge in [0, 0.05) is 18.1 Å². The molecule has 23 heavy (non-hydrogen) atoms. The molecule has 0 heterocycles. The van der Waals surface area contributed by atoms with Gasteiger partial charge in [0.15, 0.2) is 0 Å². The van der Waals surface area contributed by atoms with Gasteiger partial charge >= 0.3 is 5.97 Å². The molecule has 2 saturated carbocycles. The van der Waals surface area contributed by atoms with Crippen molar-refractivity contribution in [3.8, 4) is 0 Å². The van der Waals surface area contributed by atoms with Crippen LogP contribution in [-0.2, 0) is 16.0 Å². The molecule has 1 aromatic rings. The van der Waals surface area contributed by atoms with Crippen LogP contribution < -0.4 is 0 Å². The minimum absolute atomic E-state index is 0.0320. The van der Waals surface area contributed by atoms with Gasteiger partial charge in [0.05, 0.1) is 11.8 Å². The molecule has 2 unspecified atom stereocenters. The third-order valence-corrected chi connectivity index (χ3v) is 5.23. The summed E-state index contributed by atoms with van der Waals surface area (Å²) in [6, 6.07) is 7.67. The fraction of sp³-hybridized carbons (Fsp3) is 0.556. The van der Waals surface area contributed by atoms with E-state index in [4.69, 9.17) is 11.6 Å². The Morgan fingerprint density at radius 2 is 1.74 bits per heavy atom. The Morgan fingerprint density at radius 1 is 1.09 bits per heavy atom. The molecular weight excluding hydrogens is 314 g/mol. The number of aliphatic carboxylic acids is 1. The smallest absolute Gasteiger partial charge is 0.307 e. The zero-order valence-corrected chi connectivity index (χ0v) is 13.8. The molecule has 3 rings (SSSR count). The Kier molecular flexibility index (Phi) is 4.90. The molecule has 4 nitrogen and oxygen atoms in total. The summed E-state index contributed by atoms with van der Waals surface area (Å²) >= 11 is 5.90. The summed E-state index contributed by atoms with van der Waals surface area (Å²) in [6.07, 6.45) is 4.47. The summed E-state index contributed by atoms with van der Waals surface area (Å²) < 4.78 is 0. The second-order valence-electron chi connectivity index (χ2n) is 6.73. The highest BCUT2D eigenvalue weighted by Crippen LogP contribution is 2.37. The molecule has 0 aromatic heterocycles. The van der Waals surface area contributed by atoms with Gasteiger partial charge < -0.3 is 10.0 Å². The van der Waals surface area contributed by atoms with Crippen molar-refractivity contribution < 1.29 is 14.7 Å². The summed E-state index contributed by atoms with van der Waals surface area (Å²) in [4.78, 5) is 25.8. The minimum Gasteiger partial charge on any atom is -0.481 e. The van der Waals surface area contributed by atoms with Crippen LogP contribution in [-0.4, -0.2) is 35.0 Å². The van der Waals surface area contributed by atoms with Gasteiger partial charge in [-0.3, -0.25) is 9.59 Å². The molecule has 1 aromatic carbocycles. The van der Waals surface area contributed by atoms with Gasteiger partial charge in [0.25, 0.3) is 0 Å². The molecular formula is C18H22ClNO3. The molecule has 2 fully saturated rings. The second kappa shape index (κ2) is 6.91. The Morgan fingerprint density at radius 3 is 2.26 bits per heavy atom. The average Bonchev–Trinajstić information content (AvgIpc) is 3.27. The van der Waals surface area contributed by atoms with Crippen molar-refractivity contribution >= 4 is 23.5 Å². The number of carbonyl (C=O) groups is 2. The van der Waals surface area contributed by atoms with Crippen molar-refractivity contribution in [2.45, 2.75) is 32.1 Å². The molecule has 0 bridgehead atoms. The van der Waals surface area contributed by atoms with E-state index in [1.807, 2.05) is 29.2 Å². The van der Waals surface area contributed by atoms with Crippen LogP contribution in [0.15, 0.2) is 24.3 Å². The minimum atomic E-state index is -0.835. The predicted octanol–water partition coefficient (Wildman–Crippen LogP) is 3.23. The maximum Gasteiger partial charge on any atom is 0.307 e. The first kappa shape index (κ1) is 16.3. The quantitative estimate of drug-likeness (QED) is 0.832. The summed E-state index contributed by atoms with van der Waals surface area (Å²) in [7, 11) is 0. The van der Waals surface area contributed by atoms with E-state index < -0.39 is 11.9 Å². The van der Waals surface area contributed by atoms with E-state index in [1.165, 1.54) is 12.8 Å². The van der Waals surface area contributed by atoms with Gasteiger partial charge in [0.1, 0.15) is 0 Å². The molecule has 5 heteroatoms. The van der Waals surface area contributed by atoms with Crippen LogP contribution in [0.1, 0.15) is 31.2 Å². The topological polar surface area (TPSA) is 57.6 Å². The normalized spacial score (nSPS) is 23.2. The van der Waals surface area contributed by atoms with Crippen LogP contribution >= 0.6 is 11.6 Å². The highest BCUT2D eigenvalue weighted by molar-refractivity contribution is 6.30. The summed E-state index contributed by atoms with van der Waals surface area (Å²) in [5, 5.41) is 9.89. The van der Waals surface area contributed by atoms with E-state index >= 15 is 0 Å². The number of carboxylic acid groups (broad SMARTS) is 1. The number of halogens is 1. The zero-order valence-electron chi connectivity index (χ0n) is 13.1. The Balaban J connectivity index is 1.61. The number of amides is 1. The number of carbonyl (C=O) groups excluding carboxylic acids is 1. The molecule has 1 amide bonds. The molecule has 2 atom stereocenters. The van der Waals surface area contributed by atoms with E-state index in [9.17, 15) is 14.7 Å². The third-order valence-electron chi connectivity index (χ3n) is 4.98. The number of carboxylic acids is 1. The van der Waals surface area contributed by atoms with Crippen molar-refractivity contribution in [2.24, 2.45) is 17.8 Å². The SMILES string of the molecule is O=C(O)C1CCC1C(=O)N(CCc1ccc(Cl)cc1)CC1CC1. The largest absolute Gasteiger partial charge is 0.481 e. The maximum atomic E-state index is 12.7. The van der Waals surface area contributed by atoms with Crippen molar-refractivity contribution in [2.75, 3.05) is 13.1 Å². The summed E-state index contributed by atoms with van der Waals surface area (Å²) in [5.74, 6) is -1.01. The van der Waals surface area contributed by atoms with Crippen molar-refractivity contribution in [1.29, 1.82) is 0 Å². The molecule has 0 spiro atoms. The molecule has 2 aliphatic carbocycles. The third kappa shape index (κ3) is 4.05. The van der Waals surface area contributed by atoms with Crippen LogP contribution in [0.2, 0.25) is 5.02 Å². The van der Waals surface area contributed by atoms with E-state index in [0.717, 1.165) is 18.5 Å². The lowest BCUT2D eigenvalue weighted by Gasteiger charge is -2.36. The molecule has 124 valence electrons. The Labute approximate surface area is 141 Å². The Bertz CT molecular complexity index is 582. The average molecular weight is 336 g/mol. The van der Waals surface area contributed by atoms with Gasteiger partial charge in [-0.25, -0.2) is 0 Å². The molecule has 2 aliphatic rings. The fourth-order valence-corrected chi connectivity index (χ4v) is 3.27. The first-order valence-electron chi connectivity index (χ1n) is 8.30. The molecule has 0 saturated heterocycles. The van der Waals surface area contributed by atoms with Gasteiger partial charge in [-0.1, -0.05) is 23.7 Å². The van der Waals surface area contributed by atoms with Crippen LogP contribution in [0.4, 0.5) is 0 Å². The lowest BCUT2D eigenvalue weighted by atomic mass is 9.73. The van der Waals surface area contributed by atoms with Crippen LogP contribution in [0.3, 0.4) is 0 Å². The van der Waals surface area contributed by atoms with Crippen molar-refractivity contribution in [1.82, 2.24) is 4.90 Å².